The summed E-state index contributed by atoms with van der Waals surface area (Å²) in [4.78, 5) is 2.09. The van der Waals surface area contributed by atoms with Crippen LogP contribution in [0.3, 0.4) is 0 Å². The highest BCUT2D eigenvalue weighted by molar-refractivity contribution is 7.92. The van der Waals surface area contributed by atoms with Gasteiger partial charge in [0.2, 0.25) is 0 Å². The topological polar surface area (TPSA) is 57.6 Å². The molecule has 0 aliphatic carbocycles. The molecule has 4 nitrogen and oxygen atoms in total. The molecule has 0 saturated heterocycles. The lowest BCUT2D eigenvalue weighted by Gasteiger charge is -2.30. The van der Waals surface area contributed by atoms with Crippen LogP contribution in [0.1, 0.15) is 47.5 Å². The van der Waals surface area contributed by atoms with Crippen molar-refractivity contribution in [2.45, 2.75) is 58.2 Å². The van der Waals surface area contributed by atoms with Gasteiger partial charge < -0.3 is 5.11 Å². The van der Waals surface area contributed by atoms with E-state index in [0.29, 0.717) is 19.1 Å². The highest BCUT2D eigenvalue weighted by atomic mass is 32.2. The van der Waals surface area contributed by atoms with Crippen LogP contribution in [0.5, 0.6) is 0 Å². The summed E-state index contributed by atoms with van der Waals surface area (Å²) in [5.41, 5.74) is 0. The molecule has 0 saturated carbocycles. The van der Waals surface area contributed by atoms with Crippen molar-refractivity contribution >= 4 is 9.84 Å². The fourth-order valence-electron chi connectivity index (χ4n) is 1.95. The van der Waals surface area contributed by atoms with Gasteiger partial charge in [0.15, 0.2) is 9.84 Å². The molecule has 0 spiro atoms. The van der Waals surface area contributed by atoms with Gasteiger partial charge in [0.05, 0.1) is 17.1 Å². The Balaban J connectivity index is 4.63. The summed E-state index contributed by atoms with van der Waals surface area (Å²) in [5.74, 6) is 0.160. The van der Waals surface area contributed by atoms with E-state index in [1.807, 2.05) is 0 Å². The Morgan fingerprint density at radius 3 is 1.94 bits per heavy atom. The van der Waals surface area contributed by atoms with Gasteiger partial charge >= 0.3 is 0 Å². The third-order valence-corrected chi connectivity index (χ3v) is 6.01. The van der Waals surface area contributed by atoms with E-state index in [0.717, 1.165) is 12.8 Å². The van der Waals surface area contributed by atoms with Crippen molar-refractivity contribution in [3.8, 4) is 0 Å². The molecule has 110 valence electrons. The third kappa shape index (κ3) is 5.24. The Labute approximate surface area is 112 Å². The van der Waals surface area contributed by atoms with Gasteiger partial charge in [-0.3, -0.25) is 4.90 Å². The summed E-state index contributed by atoms with van der Waals surface area (Å²) in [6, 6.07) is 0.354. The summed E-state index contributed by atoms with van der Waals surface area (Å²) >= 11 is 0. The molecule has 0 aromatic rings. The fraction of sp³-hybridized carbons (Fsp3) is 1.00. The van der Waals surface area contributed by atoms with Gasteiger partial charge in [0, 0.05) is 19.1 Å². The molecule has 0 radical (unpaired) electrons. The van der Waals surface area contributed by atoms with Crippen LogP contribution in [0.15, 0.2) is 0 Å². The molecule has 0 rings (SSSR count). The SMILES string of the molecule is CCC(CC)N(CCO)CCS(=O)(=O)C(C)(C)C. The van der Waals surface area contributed by atoms with Gasteiger partial charge in [0.1, 0.15) is 0 Å². The van der Waals surface area contributed by atoms with E-state index in [9.17, 15) is 8.42 Å². The second-order valence-corrected chi connectivity index (χ2v) is 8.52. The lowest BCUT2D eigenvalue weighted by atomic mass is 10.1. The smallest absolute Gasteiger partial charge is 0.156 e. The second kappa shape index (κ2) is 7.46. The van der Waals surface area contributed by atoms with E-state index in [1.54, 1.807) is 20.8 Å². The highest BCUT2D eigenvalue weighted by Gasteiger charge is 2.29. The number of hydrogen-bond acceptors (Lipinski definition) is 4. The maximum atomic E-state index is 12.1. The molecule has 0 aromatic heterocycles. The molecule has 1 N–H and O–H groups in total. The molecule has 0 aliphatic rings. The molecule has 0 amide bonds. The molecule has 18 heavy (non-hydrogen) atoms. The largest absolute Gasteiger partial charge is 0.395 e. The molecule has 0 atom stereocenters. The van der Waals surface area contributed by atoms with Gasteiger partial charge in [0.25, 0.3) is 0 Å². The van der Waals surface area contributed by atoms with Crippen LogP contribution in [0.25, 0.3) is 0 Å². The first-order valence-electron chi connectivity index (χ1n) is 6.76. The minimum absolute atomic E-state index is 0.0755. The van der Waals surface area contributed by atoms with Gasteiger partial charge in [-0.05, 0) is 33.6 Å². The zero-order valence-corrected chi connectivity index (χ0v) is 13.3. The molecule has 0 aliphatic heterocycles. The highest BCUT2D eigenvalue weighted by Crippen LogP contribution is 2.17. The zero-order chi connectivity index (χ0) is 14.4. The first-order valence-corrected chi connectivity index (χ1v) is 8.42. The van der Waals surface area contributed by atoms with Crippen LogP contribution in [-0.2, 0) is 9.84 Å². The number of sulfone groups is 1. The molecular formula is C13H29NO3S. The Bertz CT molecular complexity index is 316. The fourth-order valence-corrected chi connectivity index (χ4v) is 3.04. The van der Waals surface area contributed by atoms with E-state index in [-0.39, 0.29) is 12.4 Å². The van der Waals surface area contributed by atoms with Crippen LogP contribution in [0.4, 0.5) is 0 Å². The van der Waals surface area contributed by atoms with Crippen molar-refractivity contribution in [2.24, 2.45) is 0 Å². The first kappa shape index (κ1) is 17.9. The summed E-state index contributed by atoms with van der Waals surface area (Å²) in [6.45, 7) is 10.5. The lowest BCUT2D eigenvalue weighted by Crippen LogP contribution is -2.42. The van der Waals surface area contributed by atoms with Crippen molar-refractivity contribution < 1.29 is 13.5 Å². The van der Waals surface area contributed by atoms with Crippen molar-refractivity contribution in [2.75, 3.05) is 25.4 Å². The van der Waals surface area contributed by atoms with Crippen molar-refractivity contribution in [3.63, 3.8) is 0 Å². The zero-order valence-electron chi connectivity index (χ0n) is 12.4. The summed E-state index contributed by atoms with van der Waals surface area (Å²) in [7, 11) is -3.08. The molecular weight excluding hydrogens is 250 g/mol. The Hall–Kier alpha value is -0.130. The van der Waals surface area contributed by atoms with Crippen molar-refractivity contribution in [3.05, 3.63) is 0 Å². The molecule has 0 unspecified atom stereocenters. The monoisotopic (exact) mass is 279 g/mol. The summed E-state index contributed by atoms with van der Waals surface area (Å²) in [5, 5.41) is 9.07. The molecule has 0 fully saturated rings. The number of rotatable bonds is 8. The van der Waals surface area contributed by atoms with Gasteiger partial charge in [-0.15, -0.1) is 0 Å². The van der Waals surface area contributed by atoms with E-state index < -0.39 is 14.6 Å². The molecule has 0 heterocycles. The maximum Gasteiger partial charge on any atom is 0.156 e. The van der Waals surface area contributed by atoms with E-state index in [2.05, 4.69) is 18.7 Å². The first-order chi connectivity index (χ1) is 8.19. The predicted octanol–water partition coefficient (Wildman–Crippen LogP) is 1.68. The lowest BCUT2D eigenvalue weighted by molar-refractivity contribution is 0.151. The van der Waals surface area contributed by atoms with Gasteiger partial charge in [-0.25, -0.2) is 8.42 Å². The molecule has 0 aromatic carbocycles. The third-order valence-electron chi connectivity index (χ3n) is 3.43. The Kier molecular flexibility index (Phi) is 7.40. The Morgan fingerprint density at radius 2 is 1.61 bits per heavy atom. The van der Waals surface area contributed by atoms with Crippen LogP contribution in [0, 0.1) is 0 Å². The van der Waals surface area contributed by atoms with Crippen LogP contribution >= 0.6 is 0 Å². The molecule has 0 bridgehead atoms. The normalized spacial score (nSPS) is 13.6. The second-order valence-electron chi connectivity index (χ2n) is 5.66. The minimum Gasteiger partial charge on any atom is -0.395 e. The summed E-state index contributed by atoms with van der Waals surface area (Å²) < 4.78 is 23.4. The van der Waals surface area contributed by atoms with Gasteiger partial charge in [-0.1, -0.05) is 13.8 Å². The number of nitrogens with zero attached hydrogens (tertiary/aromatic N) is 1. The average molecular weight is 279 g/mol. The van der Waals surface area contributed by atoms with Crippen molar-refractivity contribution in [1.29, 1.82) is 0 Å². The minimum atomic E-state index is -3.08. The van der Waals surface area contributed by atoms with Crippen molar-refractivity contribution in [1.82, 2.24) is 4.90 Å². The van der Waals surface area contributed by atoms with Crippen LogP contribution in [-0.4, -0.2) is 54.7 Å². The van der Waals surface area contributed by atoms with E-state index in [1.165, 1.54) is 0 Å². The quantitative estimate of drug-likeness (QED) is 0.734. The number of aliphatic hydroxyl groups excluding tert-OH is 1. The van der Waals surface area contributed by atoms with E-state index in [4.69, 9.17) is 5.11 Å². The predicted molar refractivity (Wildman–Crippen MR) is 76.6 cm³/mol. The van der Waals surface area contributed by atoms with Crippen LogP contribution < -0.4 is 0 Å². The maximum absolute atomic E-state index is 12.1. The number of aliphatic hydroxyl groups is 1. The van der Waals surface area contributed by atoms with Gasteiger partial charge in [-0.2, -0.15) is 0 Å². The average Bonchev–Trinajstić information content (AvgIpc) is 2.26. The number of hydrogen-bond donors (Lipinski definition) is 1. The molecule has 5 heteroatoms. The summed E-state index contributed by atoms with van der Waals surface area (Å²) in [6.07, 6.45) is 1.96. The standard InChI is InChI=1S/C13H29NO3S/c1-6-12(7-2)14(8-10-15)9-11-18(16,17)13(3,4)5/h12,15H,6-11H2,1-5H3. The van der Waals surface area contributed by atoms with Crippen LogP contribution in [0.2, 0.25) is 0 Å². The Morgan fingerprint density at radius 1 is 1.11 bits per heavy atom. The van der Waals surface area contributed by atoms with E-state index >= 15 is 0 Å².